The van der Waals surface area contributed by atoms with Gasteiger partial charge in [-0.1, -0.05) is 12.1 Å². The van der Waals surface area contributed by atoms with Gasteiger partial charge in [0.2, 0.25) is 0 Å². The monoisotopic (exact) mass is 423 g/mol. The zero-order chi connectivity index (χ0) is 21.5. The third-order valence-electron chi connectivity index (χ3n) is 6.90. The van der Waals surface area contributed by atoms with Gasteiger partial charge in [0.05, 0.1) is 5.69 Å². The van der Waals surface area contributed by atoms with E-state index < -0.39 is 5.69 Å². The van der Waals surface area contributed by atoms with Gasteiger partial charge in [-0.2, -0.15) is 4.98 Å². The summed E-state index contributed by atoms with van der Waals surface area (Å²) in [6.07, 6.45) is 2.55. The molecule has 1 aromatic heterocycles. The van der Waals surface area contributed by atoms with Gasteiger partial charge >= 0.3 is 11.7 Å². The molecule has 2 amide bonds. The van der Waals surface area contributed by atoms with Crippen molar-refractivity contribution in [1.82, 2.24) is 19.4 Å². The molecule has 5 N–H and O–H groups in total. The molecule has 0 bridgehead atoms. The second kappa shape index (κ2) is 8.07. The van der Waals surface area contributed by atoms with E-state index in [1.54, 1.807) is 17.2 Å². The molecular weight excluding hydrogens is 394 g/mol. The van der Waals surface area contributed by atoms with Crippen molar-refractivity contribution < 1.29 is 4.79 Å². The first-order valence-electron chi connectivity index (χ1n) is 10.9. The summed E-state index contributed by atoms with van der Waals surface area (Å²) in [5, 5.41) is 2.71. The zero-order valence-corrected chi connectivity index (χ0v) is 17.5. The van der Waals surface area contributed by atoms with E-state index in [4.69, 9.17) is 11.5 Å². The van der Waals surface area contributed by atoms with Gasteiger partial charge in [0.15, 0.2) is 0 Å². The van der Waals surface area contributed by atoms with Gasteiger partial charge in [-0.25, -0.2) is 9.59 Å². The summed E-state index contributed by atoms with van der Waals surface area (Å²) in [6.45, 7) is 4.94. The third kappa shape index (κ3) is 4.08. The number of aromatic nitrogens is 2. The van der Waals surface area contributed by atoms with Crippen LogP contribution in [-0.4, -0.2) is 64.1 Å². The highest BCUT2D eigenvalue weighted by atomic mass is 16.2. The molecule has 1 aliphatic carbocycles. The molecule has 2 aromatic rings. The lowest BCUT2D eigenvalue weighted by atomic mass is 10.1. The summed E-state index contributed by atoms with van der Waals surface area (Å²) < 4.78 is 1.48. The van der Waals surface area contributed by atoms with E-state index in [1.165, 1.54) is 10.1 Å². The molecule has 164 valence electrons. The van der Waals surface area contributed by atoms with E-state index >= 15 is 0 Å². The summed E-state index contributed by atoms with van der Waals surface area (Å²) in [5.41, 5.74) is 13.2. The van der Waals surface area contributed by atoms with Gasteiger partial charge in [-0.05, 0) is 54.5 Å². The van der Waals surface area contributed by atoms with Crippen LogP contribution in [0.4, 0.5) is 10.6 Å². The first-order chi connectivity index (χ1) is 15.0. The molecule has 3 heterocycles. The van der Waals surface area contributed by atoms with Crippen LogP contribution in [0.15, 0.2) is 41.3 Å². The highest BCUT2D eigenvalue weighted by Crippen LogP contribution is 2.44. The second-order valence-electron chi connectivity index (χ2n) is 9.00. The van der Waals surface area contributed by atoms with Gasteiger partial charge in [0, 0.05) is 45.0 Å². The van der Waals surface area contributed by atoms with Crippen LogP contribution in [0.2, 0.25) is 0 Å². The maximum Gasteiger partial charge on any atom is 0.354 e. The Morgan fingerprint density at radius 1 is 1.13 bits per heavy atom. The van der Waals surface area contributed by atoms with E-state index in [9.17, 15) is 9.59 Å². The number of carbonyl (C=O) groups excluding carboxylic acids is 1. The molecule has 0 radical (unpaired) electrons. The van der Waals surface area contributed by atoms with Crippen molar-refractivity contribution in [3.63, 3.8) is 0 Å². The number of hydrogen-bond acceptors (Lipinski definition) is 6. The van der Waals surface area contributed by atoms with Gasteiger partial charge < -0.3 is 16.4 Å². The van der Waals surface area contributed by atoms with Crippen molar-refractivity contribution in [1.29, 1.82) is 0 Å². The van der Waals surface area contributed by atoms with Crippen molar-refractivity contribution in [2.75, 3.05) is 38.0 Å². The molecule has 3 unspecified atom stereocenters. The number of nitrogens with zero attached hydrogens (tertiary/aromatic N) is 4. The van der Waals surface area contributed by atoms with Crippen LogP contribution in [0.1, 0.15) is 12.0 Å². The Kier molecular flexibility index (Phi) is 5.25. The molecule has 2 saturated heterocycles. The van der Waals surface area contributed by atoms with Gasteiger partial charge in [-0.3, -0.25) is 14.8 Å². The van der Waals surface area contributed by atoms with E-state index in [0.717, 1.165) is 31.7 Å². The maximum atomic E-state index is 12.5. The number of hydrogen-bond donors (Lipinski definition) is 3. The molecule has 4 atom stereocenters. The Balaban J connectivity index is 1.20. The number of amides is 2. The number of likely N-dealkylation sites (tertiary alicyclic amines) is 2. The highest BCUT2D eigenvalue weighted by Gasteiger charge is 2.53. The molecule has 3 aliphatic rings. The number of carbonyl (C=O) groups is 1. The lowest BCUT2D eigenvalue weighted by Crippen LogP contribution is -2.34. The molecule has 1 saturated carbocycles. The lowest BCUT2D eigenvalue weighted by Gasteiger charge is -2.19. The number of rotatable bonds is 5. The van der Waals surface area contributed by atoms with Crippen molar-refractivity contribution in [3.8, 4) is 5.69 Å². The molecule has 2 aliphatic heterocycles. The minimum Gasteiger partial charge on any atom is -0.330 e. The Morgan fingerprint density at radius 2 is 1.87 bits per heavy atom. The SMILES string of the molecule is NCC1CCN(C(=O)Nc2ccn(-c3ccc(CN4CC5C(N)[C@@H]5C4)cc3)c(=O)n2)C1. The van der Waals surface area contributed by atoms with Crippen LogP contribution in [0.25, 0.3) is 5.69 Å². The number of urea groups is 1. The minimum atomic E-state index is -0.430. The van der Waals surface area contributed by atoms with Crippen molar-refractivity contribution in [2.45, 2.75) is 19.0 Å². The predicted octanol–water partition coefficient (Wildman–Crippen LogP) is 0.434. The number of nitrogens with one attached hydrogen (secondary N) is 1. The summed E-state index contributed by atoms with van der Waals surface area (Å²) in [5.74, 6) is 1.94. The Hall–Kier alpha value is -2.75. The van der Waals surface area contributed by atoms with Crippen LogP contribution in [-0.2, 0) is 6.54 Å². The largest absolute Gasteiger partial charge is 0.354 e. The standard InChI is InChI=1S/C22H29N7O2/c23-9-15-5-7-28(11-15)21(30)25-19-6-8-29(22(31)26-19)16-3-1-14(2-4-16)10-27-12-17-18(13-27)20(17)24/h1-4,6,8,15,17-18,20H,5,7,9-13,23-24H2,(H,25,26,30,31)/t15?,17-,18?,20?/m1/s1. The topological polar surface area (TPSA) is 123 Å². The van der Waals surface area contributed by atoms with Crippen LogP contribution in [0.3, 0.4) is 0 Å². The quantitative estimate of drug-likeness (QED) is 0.641. The second-order valence-corrected chi connectivity index (χ2v) is 9.00. The minimum absolute atomic E-state index is 0.245. The van der Waals surface area contributed by atoms with E-state index in [1.807, 2.05) is 24.3 Å². The number of nitrogens with two attached hydrogens (primary N) is 2. The van der Waals surface area contributed by atoms with Gasteiger partial charge in [-0.15, -0.1) is 0 Å². The zero-order valence-electron chi connectivity index (χ0n) is 17.5. The molecule has 1 aromatic carbocycles. The fourth-order valence-corrected chi connectivity index (χ4v) is 4.88. The van der Waals surface area contributed by atoms with Crippen LogP contribution in [0.5, 0.6) is 0 Å². The summed E-state index contributed by atoms with van der Waals surface area (Å²) in [6, 6.07) is 9.75. The first kappa shape index (κ1) is 20.2. The molecule has 5 rings (SSSR count). The van der Waals surface area contributed by atoms with Crippen LogP contribution < -0.4 is 22.5 Å². The van der Waals surface area contributed by atoms with Crippen LogP contribution in [0, 0.1) is 17.8 Å². The fourth-order valence-electron chi connectivity index (χ4n) is 4.88. The fraction of sp³-hybridized carbons (Fsp3) is 0.500. The Morgan fingerprint density at radius 3 is 2.52 bits per heavy atom. The summed E-state index contributed by atoms with van der Waals surface area (Å²) >= 11 is 0. The molecule has 0 spiro atoms. The average molecular weight is 424 g/mol. The molecule has 9 heteroatoms. The summed E-state index contributed by atoms with van der Waals surface area (Å²) in [7, 11) is 0. The van der Waals surface area contributed by atoms with E-state index in [2.05, 4.69) is 15.2 Å². The van der Waals surface area contributed by atoms with E-state index in [0.29, 0.717) is 43.4 Å². The highest BCUT2D eigenvalue weighted by molar-refractivity contribution is 5.88. The number of fused-ring (bicyclic) bond motifs is 1. The molecule has 31 heavy (non-hydrogen) atoms. The van der Waals surface area contributed by atoms with Gasteiger partial charge in [0.1, 0.15) is 5.82 Å². The normalized spacial score (nSPS) is 27.4. The number of piperidine rings is 1. The maximum absolute atomic E-state index is 12.5. The van der Waals surface area contributed by atoms with Crippen LogP contribution >= 0.6 is 0 Å². The summed E-state index contributed by atoms with van der Waals surface area (Å²) in [4.78, 5) is 33.1. The van der Waals surface area contributed by atoms with Crippen molar-refractivity contribution in [2.24, 2.45) is 29.2 Å². The Labute approximate surface area is 181 Å². The van der Waals surface area contributed by atoms with Gasteiger partial charge in [0.25, 0.3) is 0 Å². The third-order valence-corrected chi connectivity index (χ3v) is 6.90. The smallest absolute Gasteiger partial charge is 0.330 e. The van der Waals surface area contributed by atoms with Crippen molar-refractivity contribution >= 4 is 11.8 Å². The van der Waals surface area contributed by atoms with E-state index in [-0.39, 0.29) is 11.8 Å². The molecular formula is C22H29N7O2. The average Bonchev–Trinajstić information content (AvgIpc) is 3.16. The molecule has 9 nitrogen and oxygen atoms in total. The van der Waals surface area contributed by atoms with Crippen molar-refractivity contribution in [3.05, 3.63) is 52.6 Å². The lowest BCUT2D eigenvalue weighted by molar-refractivity contribution is 0.221. The predicted molar refractivity (Wildman–Crippen MR) is 118 cm³/mol. The number of anilines is 1. The molecule has 3 fully saturated rings. The number of benzene rings is 1. The first-order valence-corrected chi connectivity index (χ1v) is 10.9. The Bertz CT molecular complexity index is 1010.